The molecule has 2 aromatic rings. The maximum absolute atomic E-state index is 12.5. The minimum absolute atomic E-state index is 0.0239. The number of hydrogen-bond donors (Lipinski definition) is 2. The lowest BCUT2D eigenvalue weighted by molar-refractivity contribution is 0.102. The summed E-state index contributed by atoms with van der Waals surface area (Å²) in [6.07, 6.45) is 0. The van der Waals surface area contributed by atoms with E-state index in [9.17, 15) is 4.79 Å². The minimum Gasteiger partial charge on any atom is -0.378 e. The van der Waals surface area contributed by atoms with Gasteiger partial charge in [0.2, 0.25) is 5.17 Å². The number of ketones is 1. The maximum atomic E-state index is 12.5. The highest BCUT2D eigenvalue weighted by molar-refractivity contribution is 8.14. The summed E-state index contributed by atoms with van der Waals surface area (Å²) in [5, 5.41) is 5.97. The molecule has 4 N–H and O–H groups in total. The number of carbonyl (C=O) groups excluding carboxylic acids is 1. The van der Waals surface area contributed by atoms with E-state index in [4.69, 9.17) is 28.0 Å². The number of nitrogens with two attached hydrogens (primary N) is 2. The number of halogens is 1. The van der Waals surface area contributed by atoms with Crippen LogP contribution in [-0.2, 0) is 4.74 Å². The van der Waals surface area contributed by atoms with Crippen molar-refractivity contribution < 1.29 is 9.53 Å². The molecule has 1 aliphatic heterocycles. The zero-order valence-electron chi connectivity index (χ0n) is 15.3. The number of anilines is 2. The Morgan fingerprint density at radius 3 is 2.39 bits per heavy atom. The number of hydrazone groups is 1. The Kier molecular flexibility index (Phi) is 7.16. The number of morpholine rings is 1. The van der Waals surface area contributed by atoms with E-state index in [1.807, 2.05) is 24.3 Å². The smallest absolute Gasteiger partial charge is 0.201 e. The van der Waals surface area contributed by atoms with Crippen LogP contribution >= 0.6 is 23.4 Å². The number of hydrogen-bond acceptors (Lipinski definition) is 7. The molecule has 3 rings (SSSR count). The highest BCUT2D eigenvalue weighted by Crippen LogP contribution is 2.21. The van der Waals surface area contributed by atoms with Crippen molar-refractivity contribution in [1.82, 2.24) is 0 Å². The Hall–Kier alpha value is -2.26. The van der Waals surface area contributed by atoms with Crippen LogP contribution in [0.2, 0.25) is 5.02 Å². The van der Waals surface area contributed by atoms with E-state index < -0.39 is 0 Å². The van der Waals surface area contributed by atoms with Gasteiger partial charge in [-0.3, -0.25) is 9.80 Å². The minimum atomic E-state index is -0.0239. The predicted octanol–water partition coefficient (Wildman–Crippen LogP) is 2.70. The highest BCUT2D eigenvalue weighted by Gasteiger charge is 2.15. The fourth-order valence-electron chi connectivity index (χ4n) is 2.77. The summed E-state index contributed by atoms with van der Waals surface area (Å²) in [5.74, 6) is 11.7. The summed E-state index contributed by atoms with van der Waals surface area (Å²) < 4.78 is 5.36. The van der Waals surface area contributed by atoms with Crippen molar-refractivity contribution in [3.63, 3.8) is 0 Å². The quantitative estimate of drug-likeness (QED) is 0.253. The van der Waals surface area contributed by atoms with Gasteiger partial charge in [0.1, 0.15) is 0 Å². The summed E-state index contributed by atoms with van der Waals surface area (Å²) in [4.78, 5) is 14.8. The van der Waals surface area contributed by atoms with Gasteiger partial charge >= 0.3 is 0 Å². The van der Waals surface area contributed by atoms with Crippen LogP contribution in [0.25, 0.3) is 0 Å². The van der Waals surface area contributed by atoms with Crippen molar-refractivity contribution in [2.24, 2.45) is 16.8 Å². The molecule has 1 aliphatic rings. The summed E-state index contributed by atoms with van der Waals surface area (Å²) >= 11 is 7.07. The molecule has 0 atom stereocenters. The molecule has 0 aliphatic carbocycles. The van der Waals surface area contributed by atoms with E-state index >= 15 is 0 Å². The molecule has 1 saturated heterocycles. The second-order valence-corrected chi connectivity index (χ2v) is 7.50. The van der Waals surface area contributed by atoms with Gasteiger partial charge in [0.05, 0.1) is 24.7 Å². The number of rotatable bonds is 5. The predicted molar refractivity (Wildman–Crippen MR) is 116 cm³/mol. The average Bonchev–Trinajstić information content (AvgIpc) is 2.75. The second-order valence-electron chi connectivity index (χ2n) is 6.12. The summed E-state index contributed by atoms with van der Waals surface area (Å²) in [6, 6.07) is 14.5. The molecule has 0 unspecified atom stereocenters. The first kappa shape index (κ1) is 20.5. The maximum Gasteiger partial charge on any atom is 0.201 e. The van der Waals surface area contributed by atoms with Crippen molar-refractivity contribution in [3.05, 3.63) is 59.1 Å². The third-order valence-corrected chi connectivity index (χ3v) is 5.54. The number of hydrazine groups is 1. The lowest BCUT2D eigenvalue weighted by atomic mass is 10.1. The SMILES string of the molecule is N/N=C(/SCC(=O)c1ccc(N2CCOCC2)cc1)N(N)c1ccc(Cl)cc1. The van der Waals surface area contributed by atoms with E-state index in [2.05, 4.69) is 10.0 Å². The number of nitrogens with zero attached hydrogens (tertiary/aromatic N) is 3. The number of Topliss-reactive ketones (excluding diaryl/α,β-unsaturated/α-hetero) is 1. The van der Waals surface area contributed by atoms with E-state index in [1.54, 1.807) is 24.3 Å². The molecule has 148 valence electrons. The van der Waals surface area contributed by atoms with Gasteiger partial charge in [-0.25, -0.2) is 5.84 Å². The van der Waals surface area contributed by atoms with Gasteiger partial charge in [-0.1, -0.05) is 23.4 Å². The van der Waals surface area contributed by atoms with Crippen LogP contribution in [0.3, 0.4) is 0 Å². The van der Waals surface area contributed by atoms with Crippen LogP contribution in [0.1, 0.15) is 10.4 Å². The molecular weight excluding hydrogens is 398 g/mol. The first-order chi connectivity index (χ1) is 13.6. The van der Waals surface area contributed by atoms with Gasteiger partial charge in [0, 0.05) is 29.4 Å². The Morgan fingerprint density at radius 1 is 1.14 bits per heavy atom. The second kappa shape index (κ2) is 9.79. The van der Waals surface area contributed by atoms with Crippen molar-refractivity contribution >= 4 is 45.7 Å². The van der Waals surface area contributed by atoms with E-state index in [1.165, 1.54) is 16.8 Å². The van der Waals surface area contributed by atoms with Crippen molar-refractivity contribution in [1.29, 1.82) is 0 Å². The molecular formula is C19H22ClN5O2S. The fourth-order valence-corrected chi connectivity index (χ4v) is 3.65. The first-order valence-electron chi connectivity index (χ1n) is 8.75. The van der Waals surface area contributed by atoms with Gasteiger partial charge < -0.3 is 15.5 Å². The van der Waals surface area contributed by atoms with E-state index in [0.717, 1.165) is 32.0 Å². The molecule has 28 heavy (non-hydrogen) atoms. The Balaban J connectivity index is 1.58. The number of ether oxygens (including phenoxy) is 1. The number of amidine groups is 1. The van der Waals surface area contributed by atoms with Crippen LogP contribution in [0.15, 0.2) is 53.6 Å². The van der Waals surface area contributed by atoms with Crippen LogP contribution < -0.4 is 21.6 Å². The third kappa shape index (κ3) is 5.17. The zero-order valence-corrected chi connectivity index (χ0v) is 16.8. The fraction of sp³-hybridized carbons (Fsp3) is 0.263. The van der Waals surface area contributed by atoms with Crippen molar-refractivity contribution in [2.45, 2.75) is 0 Å². The molecule has 0 saturated carbocycles. The van der Waals surface area contributed by atoms with Gasteiger partial charge in [0.15, 0.2) is 5.78 Å². The zero-order chi connectivity index (χ0) is 19.9. The molecule has 7 nitrogen and oxygen atoms in total. The van der Waals surface area contributed by atoms with Gasteiger partial charge in [-0.05, 0) is 48.5 Å². The summed E-state index contributed by atoms with van der Waals surface area (Å²) in [7, 11) is 0. The van der Waals surface area contributed by atoms with Gasteiger partial charge in [-0.2, -0.15) is 5.10 Å². The van der Waals surface area contributed by atoms with Crippen LogP contribution in [0, 0.1) is 0 Å². The first-order valence-corrected chi connectivity index (χ1v) is 10.1. The van der Waals surface area contributed by atoms with E-state index in [0.29, 0.717) is 21.4 Å². The monoisotopic (exact) mass is 419 g/mol. The van der Waals surface area contributed by atoms with Gasteiger partial charge in [-0.15, -0.1) is 0 Å². The standard InChI is InChI=1S/C19H22ClN5O2S/c20-15-3-7-17(8-4-15)25(22)19(23-21)28-13-18(26)14-1-5-16(6-2-14)24-9-11-27-12-10-24/h1-8H,9-13,21-22H2/b23-19+. The molecule has 9 heteroatoms. The lowest BCUT2D eigenvalue weighted by Gasteiger charge is -2.28. The largest absolute Gasteiger partial charge is 0.378 e. The molecule has 0 bridgehead atoms. The van der Waals surface area contributed by atoms with Crippen LogP contribution in [-0.4, -0.2) is 43.0 Å². The topological polar surface area (TPSA) is 97.2 Å². The molecule has 2 aromatic carbocycles. The summed E-state index contributed by atoms with van der Waals surface area (Å²) in [5.41, 5.74) is 2.40. The molecule has 1 fully saturated rings. The van der Waals surface area contributed by atoms with Crippen LogP contribution in [0.5, 0.6) is 0 Å². The molecule has 0 spiro atoms. The van der Waals surface area contributed by atoms with Crippen molar-refractivity contribution in [3.8, 4) is 0 Å². The number of carbonyl (C=O) groups is 1. The molecule has 0 radical (unpaired) electrons. The molecule has 0 aromatic heterocycles. The highest BCUT2D eigenvalue weighted by atomic mass is 35.5. The summed E-state index contributed by atoms with van der Waals surface area (Å²) in [6.45, 7) is 3.16. The number of benzene rings is 2. The number of thioether (sulfide) groups is 1. The van der Waals surface area contributed by atoms with E-state index in [-0.39, 0.29) is 11.5 Å². The Bertz CT molecular complexity index is 823. The molecule has 0 amide bonds. The average molecular weight is 420 g/mol. The lowest BCUT2D eigenvalue weighted by Crippen LogP contribution is -2.37. The normalized spacial score (nSPS) is 14.8. The Morgan fingerprint density at radius 2 is 1.79 bits per heavy atom. The third-order valence-electron chi connectivity index (χ3n) is 4.32. The van der Waals surface area contributed by atoms with Crippen LogP contribution in [0.4, 0.5) is 11.4 Å². The Labute approximate surface area is 173 Å². The molecule has 1 heterocycles. The van der Waals surface area contributed by atoms with Gasteiger partial charge in [0.25, 0.3) is 0 Å². The van der Waals surface area contributed by atoms with Crippen molar-refractivity contribution in [2.75, 3.05) is 42.0 Å².